The molecule has 2 N–H and O–H groups in total. The zero-order valence-electron chi connectivity index (χ0n) is 20.5. The third kappa shape index (κ3) is 3.57. The van der Waals surface area contributed by atoms with Crippen LogP contribution in [0.2, 0.25) is 0 Å². The molecule has 4 heteroatoms. The van der Waals surface area contributed by atoms with E-state index in [1.54, 1.807) is 0 Å². The molecule has 4 nitrogen and oxygen atoms in total. The third-order valence-corrected chi connectivity index (χ3v) is 7.31. The van der Waals surface area contributed by atoms with Gasteiger partial charge in [-0.05, 0) is 42.0 Å². The van der Waals surface area contributed by atoms with E-state index in [9.17, 15) is 0 Å². The maximum atomic E-state index is 4.79. The number of hydrogen-bond donors (Lipinski definition) is 2. The summed E-state index contributed by atoms with van der Waals surface area (Å²) in [7, 11) is 2.15. The third-order valence-electron chi connectivity index (χ3n) is 7.31. The molecule has 1 aliphatic heterocycles. The van der Waals surface area contributed by atoms with Crippen LogP contribution in [0.3, 0.4) is 0 Å². The highest BCUT2D eigenvalue weighted by Gasteiger charge is 2.25. The molecule has 0 bridgehead atoms. The largest absolute Gasteiger partial charge is 0.361 e. The number of nitrogens with zero attached hydrogens (tertiary/aromatic N) is 2. The van der Waals surface area contributed by atoms with Gasteiger partial charge in [0.05, 0.1) is 22.9 Å². The van der Waals surface area contributed by atoms with Crippen LogP contribution in [-0.4, -0.2) is 18.2 Å². The van der Waals surface area contributed by atoms with Crippen LogP contribution in [0.15, 0.2) is 120 Å². The Bertz CT molecular complexity index is 1780. The average molecular weight is 479 g/mol. The molecule has 1 unspecified atom stereocenters. The number of benzene rings is 5. The van der Waals surface area contributed by atoms with Crippen molar-refractivity contribution in [1.82, 2.24) is 4.98 Å². The van der Waals surface area contributed by atoms with Gasteiger partial charge < -0.3 is 15.2 Å². The number of aromatic nitrogens is 1. The number of aromatic amines is 1. The molecule has 0 radical (unpaired) electrons. The average Bonchev–Trinajstić information content (AvgIpc) is 3.34. The predicted molar refractivity (Wildman–Crippen MR) is 157 cm³/mol. The van der Waals surface area contributed by atoms with E-state index in [1.807, 2.05) is 12.1 Å². The second kappa shape index (κ2) is 8.68. The summed E-state index contributed by atoms with van der Waals surface area (Å²) in [5.74, 6) is 0. The van der Waals surface area contributed by atoms with Crippen molar-refractivity contribution < 1.29 is 0 Å². The Morgan fingerprint density at radius 3 is 2.41 bits per heavy atom. The Balaban J connectivity index is 1.39. The van der Waals surface area contributed by atoms with Crippen LogP contribution >= 0.6 is 0 Å². The van der Waals surface area contributed by atoms with E-state index < -0.39 is 0 Å². The van der Waals surface area contributed by atoms with Crippen molar-refractivity contribution in [2.24, 2.45) is 4.99 Å². The molecule has 2 heterocycles. The highest BCUT2D eigenvalue weighted by molar-refractivity contribution is 6.16. The normalized spacial score (nSPS) is 14.7. The van der Waals surface area contributed by atoms with Gasteiger partial charge in [0.1, 0.15) is 0 Å². The number of fused-ring (bicyclic) bond motifs is 4. The number of para-hydroxylation sites is 5. The maximum absolute atomic E-state index is 4.79. The molecule has 37 heavy (non-hydrogen) atoms. The van der Waals surface area contributed by atoms with E-state index >= 15 is 0 Å². The van der Waals surface area contributed by atoms with Gasteiger partial charge in [0.2, 0.25) is 0 Å². The summed E-state index contributed by atoms with van der Waals surface area (Å²) in [5, 5.41) is 6.07. The van der Waals surface area contributed by atoms with Gasteiger partial charge >= 0.3 is 0 Å². The van der Waals surface area contributed by atoms with Crippen molar-refractivity contribution >= 4 is 50.8 Å². The topological polar surface area (TPSA) is 43.4 Å². The van der Waals surface area contributed by atoms with Gasteiger partial charge in [0, 0.05) is 52.1 Å². The Morgan fingerprint density at radius 2 is 1.49 bits per heavy atom. The number of rotatable bonds is 4. The first-order valence-electron chi connectivity index (χ1n) is 12.6. The predicted octanol–water partition coefficient (Wildman–Crippen LogP) is 8.63. The van der Waals surface area contributed by atoms with Gasteiger partial charge in [-0.2, -0.15) is 0 Å². The van der Waals surface area contributed by atoms with Crippen molar-refractivity contribution in [3.63, 3.8) is 0 Å². The highest BCUT2D eigenvalue weighted by Crippen LogP contribution is 2.42. The Kier molecular flexibility index (Phi) is 5.03. The fourth-order valence-corrected chi connectivity index (χ4v) is 5.54. The second-order valence-corrected chi connectivity index (χ2v) is 9.48. The molecule has 6 aromatic rings. The Morgan fingerprint density at radius 1 is 0.730 bits per heavy atom. The SMILES string of the molecule is CN1c2ccccc2N=CC1c1cccc2c1[nH]c1cccc(-c3ccccc3Nc3ccccc3)c12. The van der Waals surface area contributed by atoms with Crippen molar-refractivity contribution in [2.75, 3.05) is 17.3 Å². The van der Waals surface area contributed by atoms with E-state index in [1.165, 1.54) is 27.5 Å². The molecule has 178 valence electrons. The number of H-pyrrole nitrogens is 1. The highest BCUT2D eigenvalue weighted by atomic mass is 15.2. The fraction of sp³-hybridized carbons (Fsp3) is 0.0606. The first-order valence-corrected chi connectivity index (χ1v) is 12.6. The lowest BCUT2D eigenvalue weighted by atomic mass is 9.96. The molecule has 0 aliphatic carbocycles. The molecule has 0 spiro atoms. The van der Waals surface area contributed by atoms with E-state index in [2.05, 4.69) is 132 Å². The minimum Gasteiger partial charge on any atom is -0.361 e. The molecular weight excluding hydrogens is 452 g/mol. The Hall–Kier alpha value is -4.83. The molecule has 1 aliphatic rings. The quantitative estimate of drug-likeness (QED) is 0.266. The summed E-state index contributed by atoms with van der Waals surface area (Å²) in [6, 6.07) is 40.3. The van der Waals surface area contributed by atoms with Crippen molar-refractivity contribution in [2.45, 2.75) is 6.04 Å². The van der Waals surface area contributed by atoms with Gasteiger partial charge in [-0.15, -0.1) is 0 Å². The van der Waals surface area contributed by atoms with Crippen molar-refractivity contribution in [3.8, 4) is 11.1 Å². The van der Waals surface area contributed by atoms with E-state index in [-0.39, 0.29) is 6.04 Å². The summed E-state index contributed by atoms with van der Waals surface area (Å²) < 4.78 is 0. The summed E-state index contributed by atoms with van der Waals surface area (Å²) in [5.41, 5.74) is 10.2. The number of hydrogen-bond acceptors (Lipinski definition) is 3. The molecular formula is C33H26N4. The Labute approximate surface area is 215 Å². The van der Waals surface area contributed by atoms with E-state index in [0.29, 0.717) is 0 Å². The summed E-state index contributed by atoms with van der Waals surface area (Å²) >= 11 is 0. The van der Waals surface area contributed by atoms with Crippen LogP contribution in [0.25, 0.3) is 32.9 Å². The zero-order valence-corrected chi connectivity index (χ0v) is 20.5. The number of nitrogens with one attached hydrogen (secondary N) is 2. The maximum Gasteiger partial charge on any atom is 0.0915 e. The summed E-state index contributed by atoms with van der Waals surface area (Å²) in [6.07, 6.45) is 2.06. The zero-order chi connectivity index (χ0) is 24.8. The molecule has 0 saturated carbocycles. The smallest absolute Gasteiger partial charge is 0.0915 e. The van der Waals surface area contributed by atoms with Crippen LogP contribution in [0.4, 0.5) is 22.7 Å². The minimum atomic E-state index is 0.0437. The summed E-state index contributed by atoms with van der Waals surface area (Å²) in [4.78, 5) is 10.9. The van der Waals surface area contributed by atoms with Crippen LogP contribution in [0.1, 0.15) is 11.6 Å². The fourth-order valence-electron chi connectivity index (χ4n) is 5.54. The van der Waals surface area contributed by atoms with Gasteiger partial charge in [-0.25, -0.2) is 0 Å². The lowest BCUT2D eigenvalue weighted by molar-refractivity contribution is 0.856. The molecule has 7 rings (SSSR count). The second-order valence-electron chi connectivity index (χ2n) is 9.48. The van der Waals surface area contributed by atoms with E-state index in [0.717, 1.165) is 33.8 Å². The van der Waals surface area contributed by atoms with Gasteiger partial charge in [-0.1, -0.05) is 78.9 Å². The lowest BCUT2D eigenvalue weighted by Gasteiger charge is -2.32. The standard InChI is InChI=1S/C33H26N4/c1-37-30-20-8-7-18-28(30)34-21-31(37)25-15-9-16-26-32-24(14-10-19-29(32)36-33(25)26)23-13-5-6-17-27(23)35-22-11-3-2-4-12-22/h2-21,31,35-36H,1H3. The monoisotopic (exact) mass is 478 g/mol. The van der Waals surface area contributed by atoms with E-state index in [4.69, 9.17) is 4.99 Å². The number of aliphatic imine (C=N–C) groups is 1. The summed E-state index contributed by atoms with van der Waals surface area (Å²) in [6.45, 7) is 0. The van der Waals surface area contributed by atoms with Crippen LogP contribution < -0.4 is 10.2 Å². The van der Waals surface area contributed by atoms with Crippen molar-refractivity contribution in [1.29, 1.82) is 0 Å². The molecule has 1 aromatic heterocycles. The first kappa shape index (κ1) is 21.5. The van der Waals surface area contributed by atoms with Crippen LogP contribution in [-0.2, 0) is 0 Å². The van der Waals surface area contributed by atoms with Gasteiger partial charge in [-0.3, -0.25) is 4.99 Å². The molecule has 1 atom stereocenters. The van der Waals surface area contributed by atoms with Gasteiger partial charge in [0.15, 0.2) is 0 Å². The number of anilines is 3. The molecule has 0 saturated heterocycles. The van der Waals surface area contributed by atoms with Gasteiger partial charge in [0.25, 0.3) is 0 Å². The van der Waals surface area contributed by atoms with Crippen molar-refractivity contribution in [3.05, 3.63) is 121 Å². The lowest BCUT2D eigenvalue weighted by Crippen LogP contribution is -2.27. The molecule has 5 aromatic carbocycles. The van der Waals surface area contributed by atoms with Crippen LogP contribution in [0.5, 0.6) is 0 Å². The first-order chi connectivity index (χ1) is 18.3. The molecule has 0 amide bonds. The minimum absolute atomic E-state index is 0.0437. The van der Waals surface area contributed by atoms with Crippen LogP contribution in [0, 0.1) is 0 Å². The molecule has 0 fully saturated rings.